The van der Waals surface area contributed by atoms with Gasteiger partial charge in [0.15, 0.2) is 25.0 Å². The number of ether oxygens (including phenoxy) is 8. The third-order valence-electron chi connectivity index (χ3n) is 21.0. The van der Waals surface area contributed by atoms with Crippen molar-refractivity contribution in [3.8, 4) is 0 Å². The molecule has 0 aromatic rings. The standard InChI is InChI=1S/C53H84O23/c1-48(2)14-16-53(47(68)76-45-37(63)34(60)32(58)26(72-45)21-70-43-35(61)30(56)24(55)20-69-43)17-15-51(6)22(23(53)18-48)8-9-28-50(5)12-11-29(49(3,4)27(50)10-13-52(28,51)7)73-46-39(65)40(38(64)41(75-46)42(66)67)74-44-36(62)33(59)31(57)25(19-54)71-44/h8,23-41,43-46,54-65H,9-21H2,1-7H3,(H,66,67). The number of allylic oxidation sites excluding steroid dienone is 2. The van der Waals surface area contributed by atoms with Crippen LogP contribution < -0.4 is 0 Å². The molecule has 4 saturated carbocycles. The third-order valence-corrected chi connectivity index (χ3v) is 21.0. The Bertz CT molecular complexity index is 2140. The summed E-state index contributed by atoms with van der Waals surface area (Å²) < 4.78 is 46.6. The van der Waals surface area contributed by atoms with Gasteiger partial charge in [-0.2, -0.15) is 0 Å². The molecule has 434 valence electrons. The topological polar surface area (TPSA) is 371 Å². The lowest BCUT2D eigenvalue weighted by atomic mass is 9.33. The van der Waals surface area contributed by atoms with E-state index < -0.39 is 159 Å². The molecule has 23 nitrogen and oxygen atoms in total. The highest BCUT2D eigenvalue weighted by Gasteiger charge is 2.70. The van der Waals surface area contributed by atoms with Crippen LogP contribution in [0.1, 0.15) is 113 Å². The maximum atomic E-state index is 15.0. The number of carboxylic acid groups (broad SMARTS) is 1. The van der Waals surface area contributed by atoms with E-state index in [0.717, 1.165) is 25.7 Å². The third kappa shape index (κ3) is 9.52. The molecule has 27 unspecified atom stereocenters. The number of hydrogen-bond donors (Lipinski definition) is 13. The van der Waals surface area contributed by atoms with Crippen molar-refractivity contribution < 1.29 is 114 Å². The number of fused-ring (bicyclic) bond motifs is 7. The van der Waals surface area contributed by atoms with Crippen LogP contribution in [0.5, 0.6) is 0 Å². The SMILES string of the molecule is CC1(C)CCC2(C(=O)OC3OC(COC4OCC(O)C(O)C4O)C(O)C(O)C3O)CCC3(C)C(=CCC4C5(C)CCC(OC6OC(C(=O)O)C(O)C(OC7OC(CO)C(O)C(O)C7O)C6O)C(C)(C)C5CCC43C)C2C1. The Morgan fingerprint density at radius 2 is 1.25 bits per heavy atom. The van der Waals surface area contributed by atoms with Crippen molar-refractivity contribution in [2.75, 3.05) is 19.8 Å². The minimum absolute atomic E-state index is 0.0640. The van der Waals surface area contributed by atoms with Crippen LogP contribution in [0, 0.1) is 50.2 Å². The van der Waals surface area contributed by atoms with Gasteiger partial charge in [-0.1, -0.05) is 60.1 Å². The maximum absolute atomic E-state index is 15.0. The van der Waals surface area contributed by atoms with Gasteiger partial charge in [-0.25, -0.2) is 4.79 Å². The Labute approximate surface area is 442 Å². The van der Waals surface area contributed by atoms with Crippen LogP contribution in [0.2, 0.25) is 0 Å². The summed E-state index contributed by atoms with van der Waals surface area (Å²) >= 11 is 0. The molecule has 0 radical (unpaired) electrons. The molecule has 13 N–H and O–H groups in total. The highest BCUT2D eigenvalue weighted by atomic mass is 16.8. The van der Waals surface area contributed by atoms with Crippen LogP contribution in [0.4, 0.5) is 0 Å². The van der Waals surface area contributed by atoms with Gasteiger partial charge in [0.2, 0.25) is 6.29 Å². The summed E-state index contributed by atoms with van der Waals surface area (Å²) in [5.74, 6) is -2.14. The lowest BCUT2D eigenvalue weighted by Gasteiger charge is -2.71. The van der Waals surface area contributed by atoms with Gasteiger partial charge >= 0.3 is 11.9 Å². The first-order chi connectivity index (χ1) is 35.5. The smallest absolute Gasteiger partial charge is 0.335 e. The molecule has 5 aliphatic carbocycles. The molecule has 0 aromatic heterocycles. The molecular formula is C53H84O23. The monoisotopic (exact) mass is 1090 g/mol. The maximum Gasteiger partial charge on any atom is 0.335 e. The highest BCUT2D eigenvalue weighted by Crippen LogP contribution is 2.76. The predicted octanol–water partition coefficient (Wildman–Crippen LogP) is -1.30. The number of rotatable bonds is 11. The van der Waals surface area contributed by atoms with E-state index in [-0.39, 0.29) is 46.0 Å². The summed E-state index contributed by atoms with van der Waals surface area (Å²) in [6, 6.07) is 0. The second-order valence-electron chi connectivity index (χ2n) is 25.9. The largest absolute Gasteiger partial charge is 0.479 e. The van der Waals surface area contributed by atoms with Gasteiger partial charge in [0, 0.05) is 0 Å². The van der Waals surface area contributed by atoms with Gasteiger partial charge in [-0.3, -0.25) is 4.79 Å². The highest BCUT2D eigenvalue weighted by molar-refractivity contribution is 5.79. The second kappa shape index (κ2) is 21.0. The van der Waals surface area contributed by atoms with E-state index in [2.05, 4.69) is 54.5 Å². The van der Waals surface area contributed by atoms with E-state index >= 15 is 4.79 Å². The normalized spacial score (nSPS) is 52.9. The van der Waals surface area contributed by atoms with Crippen molar-refractivity contribution in [1.82, 2.24) is 0 Å². The number of aliphatic hydroxyl groups excluding tert-OH is 12. The van der Waals surface area contributed by atoms with Crippen molar-refractivity contribution in [2.24, 2.45) is 50.2 Å². The first-order valence-electron chi connectivity index (χ1n) is 27.2. The van der Waals surface area contributed by atoms with Crippen molar-refractivity contribution in [3.63, 3.8) is 0 Å². The number of carbonyl (C=O) groups excluding carboxylic acids is 1. The summed E-state index contributed by atoms with van der Waals surface area (Å²) in [7, 11) is 0. The fourth-order valence-corrected chi connectivity index (χ4v) is 16.1. The van der Waals surface area contributed by atoms with E-state index in [9.17, 15) is 71.2 Å². The molecule has 4 heterocycles. The molecule has 27 atom stereocenters. The van der Waals surface area contributed by atoms with Gasteiger partial charge in [0.1, 0.15) is 85.5 Å². The quantitative estimate of drug-likeness (QED) is 0.0649. The van der Waals surface area contributed by atoms with Gasteiger partial charge < -0.3 is 104 Å². The van der Waals surface area contributed by atoms with Gasteiger partial charge in [-0.15, -0.1) is 0 Å². The summed E-state index contributed by atoms with van der Waals surface area (Å²) in [5.41, 5.74) is -1.36. The number of carbonyl (C=O) groups is 2. The molecule has 0 bridgehead atoms. The minimum Gasteiger partial charge on any atom is -0.479 e. The molecule has 0 amide bonds. The van der Waals surface area contributed by atoms with Crippen molar-refractivity contribution in [1.29, 1.82) is 0 Å². The van der Waals surface area contributed by atoms with Crippen LogP contribution >= 0.6 is 0 Å². The predicted molar refractivity (Wildman–Crippen MR) is 257 cm³/mol. The number of carboxylic acids is 1. The van der Waals surface area contributed by atoms with Crippen LogP contribution in [-0.4, -0.2) is 221 Å². The average Bonchev–Trinajstić information content (AvgIpc) is 3.38. The number of hydrogen-bond acceptors (Lipinski definition) is 22. The Hall–Kier alpha value is -2.08. The molecular weight excluding hydrogens is 1000 g/mol. The fourth-order valence-electron chi connectivity index (χ4n) is 16.1. The molecule has 0 spiro atoms. The number of aliphatic hydroxyl groups is 12. The molecule has 0 aromatic carbocycles. The molecule has 4 saturated heterocycles. The lowest BCUT2D eigenvalue weighted by Crippen LogP contribution is -2.67. The number of esters is 1. The summed E-state index contributed by atoms with van der Waals surface area (Å²) in [6.45, 7) is 14.1. The molecule has 76 heavy (non-hydrogen) atoms. The zero-order valence-electron chi connectivity index (χ0n) is 44.4. The van der Waals surface area contributed by atoms with Crippen LogP contribution in [0.15, 0.2) is 11.6 Å². The van der Waals surface area contributed by atoms with E-state index in [0.29, 0.717) is 38.5 Å². The molecule has 23 heteroatoms. The fraction of sp³-hybridized carbons (Fsp3) is 0.925. The zero-order chi connectivity index (χ0) is 55.6. The molecule has 9 aliphatic rings. The Morgan fingerprint density at radius 1 is 0.632 bits per heavy atom. The molecule has 8 fully saturated rings. The van der Waals surface area contributed by atoms with E-state index in [1.165, 1.54) is 5.57 Å². The van der Waals surface area contributed by atoms with Crippen LogP contribution in [0.25, 0.3) is 0 Å². The molecule has 9 rings (SSSR count). The summed E-state index contributed by atoms with van der Waals surface area (Å²) in [5, 5.41) is 138. The zero-order valence-corrected chi connectivity index (χ0v) is 44.4. The minimum atomic E-state index is -1.99. The molecule has 4 aliphatic heterocycles. The number of aliphatic carboxylic acids is 1. The average molecular weight is 1090 g/mol. The van der Waals surface area contributed by atoms with Gasteiger partial charge in [0.25, 0.3) is 0 Å². The van der Waals surface area contributed by atoms with E-state index in [4.69, 9.17) is 37.9 Å². The van der Waals surface area contributed by atoms with Crippen LogP contribution in [0.3, 0.4) is 0 Å². The Kier molecular flexibility index (Phi) is 16.2. The Balaban J connectivity index is 0.922. The van der Waals surface area contributed by atoms with Crippen molar-refractivity contribution >= 4 is 11.9 Å². The van der Waals surface area contributed by atoms with Crippen molar-refractivity contribution in [2.45, 2.75) is 235 Å². The van der Waals surface area contributed by atoms with E-state index in [1.54, 1.807) is 0 Å². The van der Waals surface area contributed by atoms with Crippen molar-refractivity contribution in [3.05, 3.63) is 11.6 Å². The Morgan fingerprint density at radius 3 is 1.92 bits per heavy atom. The van der Waals surface area contributed by atoms with Gasteiger partial charge in [0.05, 0.1) is 31.3 Å². The summed E-state index contributed by atoms with van der Waals surface area (Å²) in [6.07, 6.45) is -23.7. The first kappa shape index (κ1) is 58.6. The van der Waals surface area contributed by atoms with E-state index in [1.807, 2.05) is 0 Å². The first-order valence-corrected chi connectivity index (χ1v) is 27.2. The second-order valence-corrected chi connectivity index (χ2v) is 25.9. The summed E-state index contributed by atoms with van der Waals surface area (Å²) in [4.78, 5) is 27.5. The van der Waals surface area contributed by atoms with Crippen LogP contribution in [-0.2, 0) is 47.5 Å². The lowest BCUT2D eigenvalue weighted by molar-refractivity contribution is -0.365. The van der Waals surface area contributed by atoms with Gasteiger partial charge in [-0.05, 0) is 109 Å².